The molecule has 0 saturated carbocycles. The molecule has 0 aliphatic rings. The number of rotatable bonds is 61. The highest BCUT2D eigenvalue weighted by molar-refractivity contribution is 7.47. The highest BCUT2D eigenvalue weighted by Gasteiger charge is 2.32. The molecule has 0 aliphatic carbocycles. The van der Waals surface area contributed by atoms with Gasteiger partial charge in [0.15, 0.2) is 0 Å². The molecule has 0 aromatic heterocycles. The van der Waals surface area contributed by atoms with E-state index in [9.17, 15) is 24.5 Å². The van der Waals surface area contributed by atoms with E-state index >= 15 is 0 Å². The van der Waals surface area contributed by atoms with Gasteiger partial charge in [-0.05, 0) is 83.5 Å². The van der Waals surface area contributed by atoms with E-state index in [1.165, 1.54) is 231 Å². The lowest BCUT2D eigenvalue weighted by Crippen LogP contribution is -2.51. The minimum Gasteiger partial charge on any atom is -0.390 e. The van der Waals surface area contributed by atoms with E-state index in [1.807, 2.05) is 21.1 Å². The number of hydrogen-bond acceptors (Lipinski definition) is 6. The van der Waals surface area contributed by atoms with Gasteiger partial charge in [-0.25, -0.2) is 4.57 Å². The first-order valence-electron chi connectivity index (χ1n) is 33.1. The van der Waals surface area contributed by atoms with Crippen molar-refractivity contribution in [3.8, 4) is 0 Å². The Hall–Kier alpha value is -1.58. The summed E-state index contributed by atoms with van der Waals surface area (Å²) in [5.41, 5.74) is 0. The van der Waals surface area contributed by atoms with Crippen molar-refractivity contribution in [2.24, 2.45) is 0 Å². The summed E-state index contributed by atoms with van der Waals surface area (Å²) in [6, 6.07) is -1.06. The standard InChI is InChI=1S/C67H129N2O7P/c1-6-8-10-12-14-16-18-20-21-22-23-24-25-26-27-28-29-30-31-32-33-34-35-36-37-38-39-40-41-42-43-44-45-46-47-48-50-52-54-56-58-60-66(71)68-64(63-76-77(73,74)75-62-61-69(3,4)5)67(72)65(70)59-57-55-53-51-49-19-17-15-13-11-9-7-2/h15,17-18,20,22-23,51,53,64-65,67,70,72H,6-14,16,19,21,24-50,52,54-63H2,1-5H3,(H-,68,71,73,74)/p+1/b17-15+,20-18-,23-22-,53-51+. The molecule has 4 unspecified atom stereocenters. The summed E-state index contributed by atoms with van der Waals surface area (Å²) in [7, 11) is 1.42. The molecule has 454 valence electrons. The fourth-order valence-corrected chi connectivity index (χ4v) is 10.6. The van der Waals surface area contributed by atoms with Crippen LogP contribution in [0.3, 0.4) is 0 Å². The number of carbonyl (C=O) groups excluding carboxylic acids is 1. The van der Waals surface area contributed by atoms with Crippen molar-refractivity contribution < 1.29 is 38.0 Å². The Bertz CT molecular complexity index is 1410. The SMILES string of the molecule is CCCCC/C=C/CC/C=C/CCCC(O)C(O)C(COP(=O)(O)OCC[N+](C)(C)C)NC(=O)CCCCCCCCCCCCCCCCCCCCCCCCCCCCCCC/C=C\C/C=C\CCCCCCC. The van der Waals surface area contributed by atoms with E-state index in [4.69, 9.17) is 9.05 Å². The summed E-state index contributed by atoms with van der Waals surface area (Å²) in [6.07, 6.45) is 74.1. The van der Waals surface area contributed by atoms with E-state index < -0.39 is 32.7 Å². The van der Waals surface area contributed by atoms with Gasteiger partial charge in [-0.15, -0.1) is 0 Å². The van der Waals surface area contributed by atoms with Gasteiger partial charge in [0.25, 0.3) is 0 Å². The fourth-order valence-electron chi connectivity index (χ4n) is 9.90. The van der Waals surface area contributed by atoms with Gasteiger partial charge in [0.05, 0.1) is 39.9 Å². The van der Waals surface area contributed by atoms with Crippen LogP contribution in [-0.2, 0) is 18.4 Å². The average Bonchev–Trinajstić information content (AvgIpc) is 3.39. The highest BCUT2D eigenvalue weighted by atomic mass is 31.2. The first-order valence-corrected chi connectivity index (χ1v) is 34.6. The van der Waals surface area contributed by atoms with Gasteiger partial charge in [-0.3, -0.25) is 13.8 Å². The van der Waals surface area contributed by atoms with Crippen molar-refractivity contribution in [3.05, 3.63) is 48.6 Å². The molecule has 1 amide bonds. The number of unbranched alkanes of at least 4 members (excludes halogenated alkanes) is 39. The van der Waals surface area contributed by atoms with Crippen LogP contribution in [0.5, 0.6) is 0 Å². The smallest absolute Gasteiger partial charge is 0.390 e. The highest BCUT2D eigenvalue weighted by Crippen LogP contribution is 2.43. The molecular weight excluding hydrogens is 976 g/mol. The van der Waals surface area contributed by atoms with Crippen molar-refractivity contribution in [2.45, 2.75) is 334 Å². The summed E-state index contributed by atoms with van der Waals surface area (Å²) in [4.78, 5) is 23.3. The normalized spacial score (nSPS) is 14.4. The molecule has 77 heavy (non-hydrogen) atoms. The Morgan fingerprint density at radius 1 is 0.455 bits per heavy atom. The zero-order valence-electron chi connectivity index (χ0n) is 51.6. The minimum atomic E-state index is -4.43. The van der Waals surface area contributed by atoms with Crippen molar-refractivity contribution in [3.63, 3.8) is 0 Å². The third-order valence-corrected chi connectivity index (χ3v) is 16.1. The molecule has 0 heterocycles. The summed E-state index contributed by atoms with van der Waals surface area (Å²) in [5, 5.41) is 24.8. The van der Waals surface area contributed by atoms with Crippen LogP contribution in [0, 0.1) is 0 Å². The number of hydrogen-bond donors (Lipinski definition) is 4. The molecule has 4 atom stereocenters. The lowest BCUT2D eigenvalue weighted by atomic mass is 10.0. The summed E-state index contributed by atoms with van der Waals surface area (Å²) in [5.74, 6) is -0.268. The first kappa shape index (κ1) is 75.4. The number of allylic oxidation sites excluding steroid dienone is 8. The molecule has 0 saturated heterocycles. The zero-order chi connectivity index (χ0) is 56.4. The number of aliphatic hydroxyl groups is 2. The molecule has 0 fully saturated rings. The average molecular weight is 1110 g/mol. The van der Waals surface area contributed by atoms with Crippen LogP contribution < -0.4 is 5.32 Å². The Morgan fingerprint density at radius 2 is 0.779 bits per heavy atom. The van der Waals surface area contributed by atoms with Crippen molar-refractivity contribution in [2.75, 3.05) is 40.9 Å². The van der Waals surface area contributed by atoms with Crippen LogP contribution in [0.4, 0.5) is 0 Å². The predicted octanol–water partition coefficient (Wildman–Crippen LogP) is 19.6. The van der Waals surface area contributed by atoms with Gasteiger partial charge in [0.2, 0.25) is 5.91 Å². The third kappa shape index (κ3) is 58.9. The largest absolute Gasteiger partial charge is 0.472 e. The van der Waals surface area contributed by atoms with Crippen LogP contribution in [0.2, 0.25) is 0 Å². The predicted molar refractivity (Wildman–Crippen MR) is 333 cm³/mol. The number of phosphoric acid groups is 1. The molecule has 10 heteroatoms. The molecular formula is C67H130N2O7P+. The number of amides is 1. The summed E-state index contributed by atoms with van der Waals surface area (Å²) in [6.45, 7) is 4.56. The van der Waals surface area contributed by atoms with Crippen molar-refractivity contribution in [1.82, 2.24) is 5.32 Å². The Labute approximate surface area is 478 Å². The molecule has 0 spiro atoms. The van der Waals surface area contributed by atoms with E-state index in [2.05, 4.69) is 67.8 Å². The number of nitrogens with one attached hydrogen (secondary N) is 1. The van der Waals surface area contributed by atoms with E-state index in [0.717, 1.165) is 51.4 Å². The number of aliphatic hydroxyl groups excluding tert-OH is 2. The molecule has 9 nitrogen and oxygen atoms in total. The van der Waals surface area contributed by atoms with Gasteiger partial charge in [-0.2, -0.15) is 0 Å². The van der Waals surface area contributed by atoms with Crippen LogP contribution in [0.1, 0.15) is 316 Å². The van der Waals surface area contributed by atoms with Crippen molar-refractivity contribution >= 4 is 13.7 Å². The van der Waals surface area contributed by atoms with Gasteiger partial charge < -0.3 is 24.9 Å². The first-order chi connectivity index (χ1) is 37.4. The molecule has 0 bridgehead atoms. The number of nitrogens with zero attached hydrogens (tertiary/aromatic N) is 1. The van der Waals surface area contributed by atoms with Crippen LogP contribution >= 0.6 is 7.82 Å². The lowest BCUT2D eigenvalue weighted by molar-refractivity contribution is -0.870. The van der Waals surface area contributed by atoms with E-state index in [1.54, 1.807) is 0 Å². The Kier molecular flexibility index (Phi) is 56.5. The Balaban J connectivity index is 3.89. The maximum Gasteiger partial charge on any atom is 0.472 e. The number of quaternary nitrogens is 1. The summed E-state index contributed by atoms with van der Waals surface area (Å²) >= 11 is 0. The van der Waals surface area contributed by atoms with Gasteiger partial charge in [0.1, 0.15) is 19.3 Å². The number of phosphoric ester groups is 1. The molecule has 0 rings (SSSR count). The van der Waals surface area contributed by atoms with Crippen molar-refractivity contribution in [1.29, 1.82) is 0 Å². The second-order valence-corrected chi connectivity index (χ2v) is 25.4. The number of carbonyl (C=O) groups is 1. The van der Waals surface area contributed by atoms with Crippen LogP contribution in [0.25, 0.3) is 0 Å². The van der Waals surface area contributed by atoms with Crippen LogP contribution in [-0.4, -0.2) is 84.6 Å². The summed E-state index contributed by atoms with van der Waals surface area (Å²) < 4.78 is 23.6. The molecule has 0 aliphatic heterocycles. The van der Waals surface area contributed by atoms with Crippen LogP contribution in [0.15, 0.2) is 48.6 Å². The second kappa shape index (κ2) is 57.6. The lowest BCUT2D eigenvalue weighted by Gasteiger charge is -2.28. The van der Waals surface area contributed by atoms with Gasteiger partial charge in [0, 0.05) is 6.42 Å². The van der Waals surface area contributed by atoms with Gasteiger partial charge in [-0.1, -0.05) is 274 Å². The Morgan fingerprint density at radius 3 is 1.18 bits per heavy atom. The van der Waals surface area contributed by atoms with E-state index in [0.29, 0.717) is 23.9 Å². The minimum absolute atomic E-state index is 0.0148. The van der Waals surface area contributed by atoms with Gasteiger partial charge >= 0.3 is 7.82 Å². The maximum absolute atomic E-state index is 13.0. The molecule has 0 aromatic carbocycles. The number of likely N-dealkylation sites (N-methyl/N-ethyl adjacent to an activating group) is 1. The molecule has 0 aromatic rings. The van der Waals surface area contributed by atoms with E-state index in [-0.39, 0.29) is 18.9 Å². The second-order valence-electron chi connectivity index (χ2n) is 24.0. The fraction of sp³-hybridized carbons (Fsp3) is 0.866. The molecule has 0 radical (unpaired) electrons. The molecule has 4 N–H and O–H groups in total. The monoisotopic (exact) mass is 1110 g/mol. The topological polar surface area (TPSA) is 125 Å². The maximum atomic E-state index is 13.0. The zero-order valence-corrected chi connectivity index (χ0v) is 52.5. The third-order valence-electron chi connectivity index (χ3n) is 15.1. The quantitative estimate of drug-likeness (QED) is 0.0207.